The highest BCUT2D eigenvalue weighted by Gasteiger charge is 2.27. The van der Waals surface area contributed by atoms with Crippen molar-refractivity contribution in [2.24, 2.45) is 0 Å². The summed E-state index contributed by atoms with van der Waals surface area (Å²) in [5, 5.41) is 3.11. The van der Waals surface area contributed by atoms with Crippen molar-refractivity contribution in [1.82, 2.24) is 15.2 Å². The fourth-order valence-corrected chi connectivity index (χ4v) is 3.65. The van der Waals surface area contributed by atoms with Gasteiger partial charge in [-0.2, -0.15) is 0 Å². The van der Waals surface area contributed by atoms with Gasteiger partial charge in [-0.3, -0.25) is 9.59 Å². The predicted molar refractivity (Wildman–Crippen MR) is 102 cm³/mol. The van der Waals surface area contributed by atoms with Crippen molar-refractivity contribution in [1.29, 1.82) is 0 Å². The summed E-state index contributed by atoms with van der Waals surface area (Å²) in [6.45, 7) is 3.91. The fraction of sp³-hybridized carbons (Fsp3) is 0.450. The van der Waals surface area contributed by atoms with E-state index in [1.807, 2.05) is 6.07 Å². The van der Waals surface area contributed by atoms with Crippen LogP contribution in [0.5, 0.6) is 0 Å². The molecule has 2 aromatic rings. The van der Waals surface area contributed by atoms with E-state index in [1.165, 1.54) is 6.26 Å². The first-order valence-electron chi connectivity index (χ1n) is 9.64. The zero-order valence-electron chi connectivity index (χ0n) is 15.7. The summed E-state index contributed by atoms with van der Waals surface area (Å²) < 4.78 is 10.6. The Morgan fingerprint density at radius 2 is 1.86 bits per heavy atom. The number of carbonyl (C=O) groups is 2. The van der Waals surface area contributed by atoms with E-state index in [0.29, 0.717) is 56.3 Å². The number of morpholine rings is 1. The number of hydrogen-bond acceptors (Lipinski definition) is 6. The molecule has 8 nitrogen and oxygen atoms in total. The number of aromatic nitrogens is 1. The first kappa shape index (κ1) is 18.5. The van der Waals surface area contributed by atoms with E-state index in [4.69, 9.17) is 9.15 Å². The zero-order chi connectivity index (χ0) is 19.3. The van der Waals surface area contributed by atoms with Crippen molar-refractivity contribution in [3.8, 4) is 0 Å². The van der Waals surface area contributed by atoms with E-state index >= 15 is 0 Å². The van der Waals surface area contributed by atoms with Crippen LogP contribution in [-0.4, -0.2) is 67.1 Å². The number of likely N-dealkylation sites (tertiary alicyclic amines) is 1. The van der Waals surface area contributed by atoms with Crippen molar-refractivity contribution in [3.05, 3.63) is 48.0 Å². The summed E-state index contributed by atoms with van der Waals surface area (Å²) in [7, 11) is 0. The van der Waals surface area contributed by atoms with Crippen LogP contribution < -0.4 is 10.2 Å². The highest BCUT2D eigenvalue weighted by Crippen LogP contribution is 2.20. The Morgan fingerprint density at radius 1 is 1.07 bits per heavy atom. The molecule has 4 rings (SSSR count). The third kappa shape index (κ3) is 4.01. The largest absolute Gasteiger partial charge is 0.459 e. The topological polar surface area (TPSA) is 87.9 Å². The number of rotatable bonds is 4. The van der Waals surface area contributed by atoms with E-state index < -0.39 is 0 Å². The molecule has 1 N–H and O–H groups in total. The van der Waals surface area contributed by atoms with E-state index in [2.05, 4.69) is 15.2 Å². The number of anilines is 1. The summed E-state index contributed by atoms with van der Waals surface area (Å²) in [5.41, 5.74) is 0.582. The second-order valence-corrected chi connectivity index (χ2v) is 6.99. The molecule has 8 heteroatoms. The average Bonchev–Trinajstić information content (AvgIpc) is 3.29. The zero-order valence-corrected chi connectivity index (χ0v) is 15.7. The standard InChI is InChI=1S/C20H24N4O4/c25-19(16-3-1-7-21-18(16)23-10-13-27-14-11-23)22-15-5-8-24(9-6-15)20(26)17-4-2-12-28-17/h1-4,7,12,15H,5-6,8-11,13-14H2,(H,22,25). The summed E-state index contributed by atoms with van der Waals surface area (Å²) in [6, 6.07) is 7.00. The summed E-state index contributed by atoms with van der Waals surface area (Å²) >= 11 is 0. The van der Waals surface area contributed by atoms with Gasteiger partial charge in [0.25, 0.3) is 11.8 Å². The third-order valence-electron chi connectivity index (χ3n) is 5.19. The number of furan rings is 1. The molecule has 0 spiro atoms. The number of nitrogens with zero attached hydrogens (tertiary/aromatic N) is 3. The molecule has 2 aliphatic heterocycles. The Morgan fingerprint density at radius 3 is 2.57 bits per heavy atom. The van der Waals surface area contributed by atoms with Gasteiger partial charge in [0.2, 0.25) is 0 Å². The van der Waals surface area contributed by atoms with Crippen LogP contribution in [0, 0.1) is 0 Å². The second-order valence-electron chi connectivity index (χ2n) is 6.99. The number of amides is 2. The highest BCUT2D eigenvalue weighted by atomic mass is 16.5. The second kappa shape index (κ2) is 8.43. The van der Waals surface area contributed by atoms with Crippen LogP contribution >= 0.6 is 0 Å². The monoisotopic (exact) mass is 384 g/mol. The maximum absolute atomic E-state index is 12.9. The number of nitrogens with one attached hydrogen (secondary N) is 1. The molecule has 0 radical (unpaired) electrons. The lowest BCUT2D eigenvalue weighted by atomic mass is 10.0. The van der Waals surface area contributed by atoms with Gasteiger partial charge >= 0.3 is 0 Å². The minimum atomic E-state index is -0.120. The molecule has 2 amide bonds. The van der Waals surface area contributed by atoms with Crippen LogP contribution in [-0.2, 0) is 4.74 Å². The maximum atomic E-state index is 12.9. The smallest absolute Gasteiger partial charge is 0.289 e. The maximum Gasteiger partial charge on any atom is 0.289 e. The molecule has 0 aromatic carbocycles. The minimum Gasteiger partial charge on any atom is -0.459 e. The SMILES string of the molecule is O=C(NC1CCN(C(=O)c2ccco2)CC1)c1cccnc1N1CCOCC1. The Hall–Kier alpha value is -2.87. The number of hydrogen-bond donors (Lipinski definition) is 1. The highest BCUT2D eigenvalue weighted by molar-refractivity contribution is 5.99. The summed E-state index contributed by atoms with van der Waals surface area (Å²) in [4.78, 5) is 33.5. The van der Waals surface area contributed by atoms with Gasteiger partial charge in [-0.15, -0.1) is 0 Å². The molecule has 148 valence electrons. The van der Waals surface area contributed by atoms with Crippen LogP contribution in [0.1, 0.15) is 33.8 Å². The Balaban J connectivity index is 1.36. The van der Waals surface area contributed by atoms with Crippen LogP contribution in [0.15, 0.2) is 41.1 Å². The average molecular weight is 384 g/mol. The molecule has 2 aromatic heterocycles. The lowest BCUT2D eigenvalue weighted by Gasteiger charge is -2.32. The van der Waals surface area contributed by atoms with Gasteiger partial charge in [0.15, 0.2) is 5.76 Å². The Bertz CT molecular complexity index is 809. The number of pyridine rings is 1. The fourth-order valence-electron chi connectivity index (χ4n) is 3.65. The number of piperidine rings is 1. The lowest BCUT2D eigenvalue weighted by Crippen LogP contribution is -2.47. The first-order valence-corrected chi connectivity index (χ1v) is 9.64. The molecule has 0 aliphatic carbocycles. The molecule has 28 heavy (non-hydrogen) atoms. The van der Waals surface area contributed by atoms with E-state index in [-0.39, 0.29) is 17.9 Å². The molecule has 2 saturated heterocycles. The third-order valence-corrected chi connectivity index (χ3v) is 5.19. The van der Waals surface area contributed by atoms with Gasteiger partial charge < -0.3 is 24.3 Å². The molecule has 0 unspecified atom stereocenters. The van der Waals surface area contributed by atoms with Crippen molar-refractivity contribution in [3.63, 3.8) is 0 Å². The molecular weight excluding hydrogens is 360 g/mol. The van der Waals surface area contributed by atoms with Crippen LogP contribution in [0.2, 0.25) is 0 Å². The van der Waals surface area contributed by atoms with Gasteiger partial charge in [-0.25, -0.2) is 4.98 Å². The normalized spacial score (nSPS) is 18.1. The van der Waals surface area contributed by atoms with Crippen LogP contribution in [0.3, 0.4) is 0 Å². The van der Waals surface area contributed by atoms with Crippen LogP contribution in [0.25, 0.3) is 0 Å². The molecule has 4 heterocycles. The van der Waals surface area contributed by atoms with Gasteiger partial charge in [-0.1, -0.05) is 0 Å². The quantitative estimate of drug-likeness (QED) is 0.861. The Kier molecular flexibility index (Phi) is 5.57. The van der Waals surface area contributed by atoms with E-state index in [1.54, 1.807) is 29.3 Å². The predicted octanol–water partition coefficient (Wildman–Crippen LogP) is 1.55. The molecule has 0 bridgehead atoms. The lowest BCUT2D eigenvalue weighted by molar-refractivity contribution is 0.0667. The molecular formula is C20H24N4O4. The molecule has 2 aliphatic rings. The molecule has 0 atom stereocenters. The van der Waals surface area contributed by atoms with Gasteiger partial charge in [0.05, 0.1) is 25.0 Å². The van der Waals surface area contributed by atoms with Crippen molar-refractivity contribution in [2.75, 3.05) is 44.3 Å². The first-order chi connectivity index (χ1) is 13.7. The minimum absolute atomic E-state index is 0.0332. The van der Waals surface area contributed by atoms with Gasteiger partial charge in [0.1, 0.15) is 5.82 Å². The van der Waals surface area contributed by atoms with Crippen molar-refractivity contribution >= 4 is 17.6 Å². The van der Waals surface area contributed by atoms with E-state index in [0.717, 1.165) is 13.1 Å². The van der Waals surface area contributed by atoms with Gasteiger partial charge in [-0.05, 0) is 37.1 Å². The number of ether oxygens (including phenoxy) is 1. The molecule has 2 fully saturated rings. The summed E-state index contributed by atoms with van der Waals surface area (Å²) in [6.07, 6.45) is 4.64. The van der Waals surface area contributed by atoms with Crippen molar-refractivity contribution in [2.45, 2.75) is 18.9 Å². The Labute approximate surface area is 163 Å². The van der Waals surface area contributed by atoms with E-state index in [9.17, 15) is 9.59 Å². The summed E-state index contributed by atoms with van der Waals surface area (Å²) in [5.74, 6) is 0.837. The van der Waals surface area contributed by atoms with Crippen molar-refractivity contribution < 1.29 is 18.7 Å². The molecule has 0 saturated carbocycles. The van der Waals surface area contributed by atoms with Gasteiger partial charge in [0, 0.05) is 38.4 Å². The number of carbonyl (C=O) groups excluding carboxylic acids is 2. The van der Waals surface area contributed by atoms with Crippen LogP contribution in [0.4, 0.5) is 5.82 Å².